The lowest BCUT2D eigenvalue weighted by molar-refractivity contribution is -0.155. The number of carbonyl (C=O) groups is 2. The average Bonchev–Trinajstić information content (AvgIpc) is 2.30. The number of amides is 2. The van der Waals surface area contributed by atoms with Crippen LogP contribution in [0.15, 0.2) is 18.3 Å². The molecule has 0 spiro atoms. The van der Waals surface area contributed by atoms with Crippen molar-refractivity contribution < 1.29 is 9.59 Å². The molecule has 2 amide bonds. The summed E-state index contributed by atoms with van der Waals surface area (Å²) in [5.74, 6) is -0.955. The Hall–Kier alpha value is -2.11. The van der Waals surface area contributed by atoms with Crippen LogP contribution in [0, 0.1) is 0 Å². The van der Waals surface area contributed by atoms with Crippen LogP contribution in [0.25, 0.3) is 0 Å². The second kappa shape index (κ2) is 4.40. The SMILES string of the molecule is CN1CCN(Cc2cc(N)ccn2)C(=O)C1=O. The fourth-order valence-corrected chi connectivity index (χ4v) is 1.70. The van der Waals surface area contributed by atoms with Crippen LogP contribution in [0.5, 0.6) is 0 Å². The van der Waals surface area contributed by atoms with Crippen molar-refractivity contribution in [3.63, 3.8) is 0 Å². The maximum atomic E-state index is 11.7. The van der Waals surface area contributed by atoms with Crippen LogP contribution in [-0.4, -0.2) is 46.7 Å². The lowest BCUT2D eigenvalue weighted by Gasteiger charge is -2.31. The molecule has 0 radical (unpaired) electrons. The maximum absolute atomic E-state index is 11.7. The number of piperazine rings is 1. The highest BCUT2D eigenvalue weighted by Crippen LogP contribution is 2.10. The van der Waals surface area contributed by atoms with Crippen molar-refractivity contribution in [1.82, 2.24) is 14.8 Å². The van der Waals surface area contributed by atoms with Gasteiger partial charge in [0.1, 0.15) is 0 Å². The molecule has 1 saturated heterocycles. The van der Waals surface area contributed by atoms with Crippen molar-refractivity contribution in [2.24, 2.45) is 0 Å². The zero-order chi connectivity index (χ0) is 12.4. The summed E-state index contributed by atoms with van der Waals surface area (Å²) in [7, 11) is 1.62. The van der Waals surface area contributed by atoms with E-state index in [1.54, 1.807) is 25.4 Å². The molecule has 0 atom stereocenters. The van der Waals surface area contributed by atoms with E-state index in [4.69, 9.17) is 5.73 Å². The van der Waals surface area contributed by atoms with E-state index in [0.29, 0.717) is 31.0 Å². The van der Waals surface area contributed by atoms with Crippen molar-refractivity contribution in [2.45, 2.75) is 6.54 Å². The number of anilines is 1. The Morgan fingerprint density at radius 1 is 1.35 bits per heavy atom. The lowest BCUT2D eigenvalue weighted by Crippen LogP contribution is -2.52. The number of nitrogens with two attached hydrogens (primary N) is 1. The zero-order valence-corrected chi connectivity index (χ0v) is 9.59. The fourth-order valence-electron chi connectivity index (χ4n) is 1.70. The highest BCUT2D eigenvalue weighted by Gasteiger charge is 2.30. The molecule has 1 aliphatic heterocycles. The molecule has 0 aliphatic carbocycles. The summed E-state index contributed by atoms with van der Waals surface area (Å²) in [5.41, 5.74) is 6.92. The van der Waals surface area contributed by atoms with Gasteiger partial charge in [-0.25, -0.2) is 0 Å². The zero-order valence-electron chi connectivity index (χ0n) is 9.59. The third-order valence-electron chi connectivity index (χ3n) is 2.72. The maximum Gasteiger partial charge on any atom is 0.312 e. The molecule has 0 saturated carbocycles. The Kier molecular flexibility index (Phi) is 2.95. The molecule has 2 N–H and O–H groups in total. The van der Waals surface area contributed by atoms with E-state index in [2.05, 4.69) is 4.98 Å². The Bertz CT molecular complexity index is 461. The first-order valence-corrected chi connectivity index (χ1v) is 5.32. The van der Waals surface area contributed by atoms with E-state index < -0.39 is 11.8 Å². The van der Waals surface area contributed by atoms with Crippen LogP contribution >= 0.6 is 0 Å². The number of carbonyl (C=O) groups excluding carboxylic acids is 2. The van der Waals surface area contributed by atoms with Crippen molar-refractivity contribution in [3.05, 3.63) is 24.0 Å². The van der Waals surface area contributed by atoms with Gasteiger partial charge in [0.15, 0.2) is 0 Å². The number of nitrogens with zero attached hydrogens (tertiary/aromatic N) is 3. The summed E-state index contributed by atoms with van der Waals surface area (Å²) < 4.78 is 0. The molecule has 6 nitrogen and oxygen atoms in total. The van der Waals surface area contributed by atoms with Crippen molar-refractivity contribution in [2.75, 3.05) is 25.9 Å². The van der Waals surface area contributed by atoms with Gasteiger partial charge >= 0.3 is 11.8 Å². The topological polar surface area (TPSA) is 79.5 Å². The van der Waals surface area contributed by atoms with Crippen molar-refractivity contribution in [1.29, 1.82) is 0 Å². The first kappa shape index (κ1) is 11.4. The lowest BCUT2D eigenvalue weighted by atomic mass is 10.2. The summed E-state index contributed by atoms with van der Waals surface area (Å²) in [4.78, 5) is 30.2. The first-order valence-electron chi connectivity index (χ1n) is 5.32. The minimum absolute atomic E-state index is 0.323. The predicted octanol–water partition coefficient (Wildman–Crippen LogP) is -0.536. The molecule has 17 heavy (non-hydrogen) atoms. The number of hydrogen-bond acceptors (Lipinski definition) is 4. The van der Waals surface area contributed by atoms with Gasteiger partial charge in [0.2, 0.25) is 0 Å². The summed E-state index contributed by atoms with van der Waals surface area (Å²) >= 11 is 0. The second-order valence-corrected chi connectivity index (χ2v) is 4.03. The molecule has 1 aromatic heterocycles. The number of pyridine rings is 1. The molecule has 2 heterocycles. The van der Waals surface area contributed by atoms with Crippen molar-refractivity contribution >= 4 is 17.5 Å². The van der Waals surface area contributed by atoms with Crippen LogP contribution in [0.4, 0.5) is 5.69 Å². The van der Waals surface area contributed by atoms with E-state index in [-0.39, 0.29) is 0 Å². The quantitative estimate of drug-likeness (QED) is 0.697. The van der Waals surface area contributed by atoms with Crippen LogP contribution in [0.2, 0.25) is 0 Å². The normalized spacial score (nSPS) is 16.5. The van der Waals surface area contributed by atoms with Gasteiger partial charge in [-0.05, 0) is 12.1 Å². The summed E-state index contributed by atoms with van der Waals surface area (Å²) in [6.45, 7) is 1.40. The average molecular weight is 234 g/mol. The van der Waals surface area contributed by atoms with Crippen LogP contribution in [0.1, 0.15) is 5.69 Å². The third kappa shape index (κ3) is 2.35. The smallest absolute Gasteiger partial charge is 0.312 e. The molecule has 0 unspecified atom stereocenters. The summed E-state index contributed by atoms with van der Waals surface area (Å²) in [5, 5.41) is 0. The summed E-state index contributed by atoms with van der Waals surface area (Å²) in [6, 6.07) is 3.39. The van der Waals surface area contributed by atoms with Gasteiger partial charge in [0.25, 0.3) is 0 Å². The van der Waals surface area contributed by atoms with E-state index in [1.165, 1.54) is 9.80 Å². The molecule has 2 rings (SSSR count). The first-order chi connectivity index (χ1) is 8.08. The Balaban J connectivity index is 2.09. The van der Waals surface area contributed by atoms with E-state index >= 15 is 0 Å². The number of nitrogen functional groups attached to an aromatic ring is 1. The number of aromatic nitrogens is 1. The van der Waals surface area contributed by atoms with E-state index in [1.807, 2.05) is 0 Å². The Labute approximate surface area is 99.0 Å². The van der Waals surface area contributed by atoms with Gasteiger partial charge in [-0.1, -0.05) is 0 Å². The van der Waals surface area contributed by atoms with E-state index in [9.17, 15) is 9.59 Å². The number of likely N-dealkylation sites (N-methyl/N-ethyl adjacent to an activating group) is 1. The Morgan fingerprint density at radius 2 is 2.12 bits per heavy atom. The van der Waals surface area contributed by atoms with Gasteiger partial charge < -0.3 is 15.5 Å². The van der Waals surface area contributed by atoms with Crippen LogP contribution in [-0.2, 0) is 16.1 Å². The molecule has 6 heteroatoms. The van der Waals surface area contributed by atoms with Gasteiger partial charge in [0, 0.05) is 32.0 Å². The molecule has 90 valence electrons. The molecule has 0 aromatic carbocycles. The fraction of sp³-hybridized carbons (Fsp3) is 0.364. The van der Waals surface area contributed by atoms with Gasteiger partial charge in [-0.2, -0.15) is 0 Å². The molecule has 1 aliphatic rings. The number of hydrogen-bond donors (Lipinski definition) is 1. The van der Waals surface area contributed by atoms with Gasteiger partial charge in [-0.3, -0.25) is 14.6 Å². The number of rotatable bonds is 2. The third-order valence-corrected chi connectivity index (χ3v) is 2.72. The highest BCUT2D eigenvalue weighted by molar-refractivity contribution is 6.35. The second-order valence-electron chi connectivity index (χ2n) is 4.03. The minimum Gasteiger partial charge on any atom is -0.399 e. The molecule has 1 fully saturated rings. The largest absolute Gasteiger partial charge is 0.399 e. The van der Waals surface area contributed by atoms with Gasteiger partial charge in [0.05, 0.1) is 12.2 Å². The minimum atomic E-state index is -0.483. The van der Waals surface area contributed by atoms with Crippen LogP contribution in [0.3, 0.4) is 0 Å². The van der Waals surface area contributed by atoms with Crippen molar-refractivity contribution in [3.8, 4) is 0 Å². The predicted molar refractivity (Wildman–Crippen MR) is 61.7 cm³/mol. The Morgan fingerprint density at radius 3 is 2.82 bits per heavy atom. The van der Waals surface area contributed by atoms with Gasteiger partial charge in [-0.15, -0.1) is 0 Å². The molecule has 1 aromatic rings. The molecule has 0 bridgehead atoms. The highest BCUT2D eigenvalue weighted by atomic mass is 16.2. The molecular weight excluding hydrogens is 220 g/mol. The standard InChI is InChI=1S/C11H14N4O2/c1-14-4-5-15(11(17)10(14)16)7-9-6-8(12)2-3-13-9/h2-3,6H,4-5,7H2,1H3,(H2,12,13). The molecular formula is C11H14N4O2. The summed E-state index contributed by atoms with van der Waals surface area (Å²) in [6.07, 6.45) is 1.59. The van der Waals surface area contributed by atoms with Crippen LogP contribution < -0.4 is 5.73 Å². The monoisotopic (exact) mass is 234 g/mol. The van der Waals surface area contributed by atoms with E-state index in [0.717, 1.165) is 0 Å².